The first kappa shape index (κ1) is 14.3. The molecule has 0 atom stereocenters. The molecule has 17 heavy (non-hydrogen) atoms. The van der Waals surface area contributed by atoms with Crippen molar-refractivity contribution in [3.05, 3.63) is 34.6 Å². The lowest BCUT2D eigenvalue weighted by Gasteiger charge is -2.06. The summed E-state index contributed by atoms with van der Waals surface area (Å²) in [7, 11) is 0. The van der Waals surface area contributed by atoms with Gasteiger partial charge in [-0.3, -0.25) is 0 Å². The predicted molar refractivity (Wildman–Crippen MR) is 59.9 cm³/mol. The van der Waals surface area contributed by atoms with Gasteiger partial charge in [-0.1, -0.05) is 11.6 Å². The largest absolute Gasteiger partial charge is 0.374 e. The molecule has 0 spiro atoms. The second-order valence-electron chi connectivity index (χ2n) is 3.42. The molecule has 0 bridgehead atoms. The molecule has 0 aliphatic rings. The van der Waals surface area contributed by atoms with E-state index in [-0.39, 0.29) is 6.61 Å². The van der Waals surface area contributed by atoms with Gasteiger partial charge in [0.1, 0.15) is 12.4 Å². The summed E-state index contributed by atoms with van der Waals surface area (Å²) < 4.78 is 41.0. The Morgan fingerprint density at radius 2 is 2.06 bits per heavy atom. The van der Waals surface area contributed by atoms with E-state index in [0.717, 1.165) is 0 Å². The Hall–Kier alpha value is -0.780. The number of nitrogens with one attached hydrogen (secondary N) is 1. The van der Waals surface area contributed by atoms with Crippen LogP contribution in [0.15, 0.2) is 18.2 Å². The van der Waals surface area contributed by atoms with Crippen molar-refractivity contribution in [1.29, 1.82) is 0 Å². The van der Waals surface area contributed by atoms with E-state index in [2.05, 4.69) is 10.1 Å². The van der Waals surface area contributed by atoms with Crippen LogP contribution in [0, 0.1) is 5.82 Å². The number of ether oxygens (including phenoxy) is 1. The van der Waals surface area contributed by atoms with Crippen LogP contribution >= 0.6 is 11.6 Å². The van der Waals surface area contributed by atoms with Crippen molar-refractivity contribution >= 4 is 11.6 Å². The van der Waals surface area contributed by atoms with E-state index >= 15 is 0 Å². The molecule has 96 valence electrons. The van der Waals surface area contributed by atoms with Crippen molar-refractivity contribution in [2.45, 2.75) is 13.0 Å². The molecule has 0 amide bonds. The van der Waals surface area contributed by atoms with Crippen LogP contribution in [-0.2, 0) is 11.3 Å². The maximum absolute atomic E-state index is 12.9. The smallest absolute Gasteiger partial charge is 0.261 e. The summed E-state index contributed by atoms with van der Waals surface area (Å²) in [4.78, 5) is 0. The summed E-state index contributed by atoms with van der Waals surface area (Å²) in [6.45, 7) is 0.456. The van der Waals surface area contributed by atoms with Crippen molar-refractivity contribution in [2.75, 3.05) is 19.8 Å². The summed E-state index contributed by atoms with van der Waals surface area (Å²) in [5.41, 5.74) is 0.698. The van der Waals surface area contributed by atoms with E-state index in [4.69, 9.17) is 11.6 Å². The fourth-order valence-electron chi connectivity index (χ4n) is 1.26. The maximum atomic E-state index is 12.9. The third kappa shape index (κ3) is 6.51. The molecule has 1 aromatic carbocycles. The fourth-order valence-corrected chi connectivity index (χ4v) is 1.51. The SMILES string of the molecule is Fc1cc(Cl)cc(CNCCOCC(F)F)c1. The van der Waals surface area contributed by atoms with Crippen LogP contribution in [0.2, 0.25) is 5.02 Å². The van der Waals surface area contributed by atoms with Gasteiger partial charge in [0.15, 0.2) is 0 Å². The minimum Gasteiger partial charge on any atom is -0.374 e. The van der Waals surface area contributed by atoms with Gasteiger partial charge in [-0.25, -0.2) is 13.2 Å². The topological polar surface area (TPSA) is 21.3 Å². The molecule has 0 unspecified atom stereocenters. The quantitative estimate of drug-likeness (QED) is 0.767. The Bertz CT molecular complexity index is 329. The minimum atomic E-state index is -2.45. The molecule has 0 saturated carbocycles. The summed E-state index contributed by atoms with van der Waals surface area (Å²) in [5, 5.41) is 3.26. The summed E-state index contributed by atoms with van der Waals surface area (Å²) in [6.07, 6.45) is -2.45. The molecule has 6 heteroatoms. The summed E-state index contributed by atoms with van der Waals surface area (Å²) >= 11 is 5.67. The molecule has 0 radical (unpaired) electrons. The molecular formula is C11H13ClF3NO. The van der Waals surface area contributed by atoms with Gasteiger partial charge < -0.3 is 10.1 Å². The zero-order valence-electron chi connectivity index (χ0n) is 9.06. The average Bonchev–Trinajstić information content (AvgIpc) is 2.21. The number of halogens is 4. The molecule has 2 nitrogen and oxygen atoms in total. The summed E-state index contributed by atoms with van der Waals surface area (Å²) in [6, 6.07) is 4.22. The van der Waals surface area contributed by atoms with Crippen LogP contribution < -0.4 is 5.32 Å². The molecule has 0 aliphatic carbocycles. The first-order valence-electron chi connectivity index (χ1n) is 5.09. The van der Waals surface area contributed by atoms with E-state index < -0.39 is 18.8 Å². The van der Waals surface area contributed by atoms with Gasteiger partial charge in [0, 0.05) is 18.1 Å². The predicted octanol–water partition coefficient (Wildman–Crippen LogP) is 2.85. The molecule has 0 fully saturated rings. The van der Waals surface area contributed by atoms with Crippen molar-refractivity contribution < 1.29 is 17.9 Å². The van der Waals surface area contributed by atoms with E-state index in [1.54, 1.807) is 6.07 Å². The standard InChI is InChI=1S/C11H13ClF3NO/c12-9-3-8(4-10(13)5-9)6-16-1-2-17-7-11(14)15/h3-5,11,16H,1-2,6-7H2. The summed E-state index contributed by atoms with van der Waals surface area (Å²) in [5.74, 6) is -0.400. The number of hydrogen-bond acceptors (Lipinski definition) is 2. The number of benzene rings is 1. The highest BCUT2D eigenvalue weighted by Gasteiger charge is 2.01. The Morgan fingerprint density at radius 3 is 2.71 bits per heavy atom. The lowest BCUT2D eigenvalue weighted by molar-refractivity contribution is 0.0187. The van der Waals surface area contributed by atoms with Crippen LogP contribution in [0.4, 0.5) is 13.2 Å². The van der Waals surface area contributed by atoms with Crippen LogP contribution in [0.25, 0.3) is 0 Å². The first-order chi connectivity index (χ1) is 8.08. The van der Waals surface area contributed by atoms with Gasteiger partial charge in [-0.2, -0.15) is 0 Å². The van der Waals surface area contributed by atoms with Crippen molar-refractivity contribution in [3.63, 3.8) is 0 Å². The zero-order chi connectivity index (χ0) is 12.7. The molecule has 1 N–H and O–H groups in total. The molecule has 0 saturated heterocycles. The van der Waals surface area contributed by atoms with Gasteiger partial charge in [-0.05, 0) is 23.8 Å². The lowest BCUT2D eigenvalue weighted by atomic mass is 10.2. The van der Waals surface area contributed by atoms with E-state index in [9.17, 15) is 13.2 Å². The van der Waals surface area contributed by atoms with Gasteiger partial charge in [0.2, 0.25) is 0 Å². The highest BCUT2D eigenvalue weighted by Crippen LogP contribution is 2.13. The Kier molecular flexibility index (Phi) is 6.32. The zero-order valence-corrected chi connectivity index (χ0v) is 9.81. The van der Waals surface area contributed by atoms with Gasteiger partial charge >= 0.3 is 0 Å². The Labute approximate surface area is 103 Å². The van der Waals surface area contributed by atoms with Crippen LogP contribution in [-0.4, -0.2) is 26.2 Å². The van der Waals surface area contributed by atoms with Gasteiger partial charge in [-0.15, -0.1) is 0 Å². The third-order valence-electron chi connectivity index (χ3n) is 1.92. The minimum absolute atomic E-state index is 0.188. The first-order valence-corrected chi connectivity index (χ1v) is 5.47. The maximum Gasteiger partial charge on any atom is 0.261 e. The van der Waals surface area contributed by atoms with Crippen molar-refractivity contribution in [1.82, 2.24) is 5.32 Å². The number of rotatable bonds is 7. The van der Waals surface area contributed by atoms with Crippen molar-refractivity contribution in [2.24, 2.45) is 0 Å². The van der Waals surface area contributed by atoms with Crippen molar-refractivity contribution in [3.8, 4) is 0 Å². The van der Waals surface area contributed by atoms with E-state index in [1.165, 1.54) is 12.1 Å². The second kappa shape index (κ2) is 7.53. The van der Waals surface area contributed by atoms with Crippen LogP contribution in [0.3, 0.4) is 0 Å². The monoisotopic (exact) mass is 267 g/mol. The van der Waals surface area contributed by atoms with E-state index in [1.807, 2.05) is 0 Å². The van der Waals surface area contributed by atoms with Gasteiger partial charge in [0.05, 0.1) is 6.61 Å². The number of hydrogen-bond donors (Lipinski definition) is 1. The highest BCUT2D eigenvalue weighted by atomic mass is 35.5. The third-order valence-corrected chi connectivity index (χ3v) is 2.14. The molecule has 1 rings (SSSR count). The average molecular weight is 268 g/mol. The molecular weight excluding hydrogens is 255 g/mol. The molecule has 0 aliphatic heterocycles. The molecule has 0 heterocycles. The molecule has 1 aromatic rings. The Balaban J connectivity index is 2.18. The normalized spacial score (nSPS) is 11.1. The Morgan fingerprint density at radius 1 is 1.29 bits per heavy atom. The van der Waals surface area contributed by atoms with Crippen LogP contribution in [0.5, 0.6) is 0 Å². The van der Waals surface area contributed by atoms with E-state index in [0.29, 0.717) is 23.7 Å². The second-order valence-corrected chi connectivity index (χ2v) is 3.86. The lowest BCUT2D eigenvalue weighted by Crippen LogP contribution is -2.20. The molecule has 0 aromatic heterocycles. The highest BCUT2D eigenvalue weighted by molar-refractivity contribution is 6.30. The fraction of sp³-hybridized carbons (Fsp3) is 0.455. The number of alkyl halides is 2. The van der Waals surface area contributed by atoms with Gasteiger partial charge in [0.25, 0.3) is 6.43 Å². The van der Waals surface area contributed by atoms with Crippen LogP contribution in [0.1, 0.15) is 5.56 Å².